The maximum absolute atomic E-state index is 6.47. The first-order valence-electron chi connectivity index (χ1n) is 13.7. The maximum Gasteiger partial charge on any atom is 0.160 e. The first-order valence-corrected chi connectivity index (χ1v) is 13.7. The lowest BCUT2D eigenvalue weighted by molar-refractivity contribution is 0.653. The third-order valence-corrected chi connectivity index (χ3v) is 8.31. The molecule has 0 fully saturated rings. The molecule has 0 unspecified atom stereocenters. The smallest absolute Gasteiger partial charge is 0.160 e. The molecule has 0 saturated carbocycles. The standard InChI is InChI=1S/C37H26N2O/c1-37(2)29-20-19-27-26-15-9-10-16-33(26)40-35(27)34(29)28-18-17-25(21-30(28)37)32-22-31(23-11-5-3-6-12-23)38-36(39-32)24-13-7-4-8-14-24/h3-22H,1-2H3. The van der Waals surface area contributed by atoms with Gasteiger partial charge in [-0.1, -0.05) is 117 Å². The van der Waals surface area contributed by atoms with Crippen LogP contribution in [-0.2, 0) is 5.41 Å². The van der Waals surface area contributed by atoms with Crippen molar-refractivity contribution in [2.45, 2.75) is 19.3 Å². The van der Waals surface area contributed by atoms with E-state index in [1.807, 2.05) is 42.5 Å². The largest absolute Gasteiger partial charge is 0.455 e. The lowest BCUT2D eigenvalue weighted by atomic mass is 9.81. The topological polar surface area (TPSA) is 38.9 Å². The molecule has 7 aromatic rings. The monoisotopic (exact) mass is 514 g/mol. The second-order valence-corrected chi connectivity index (χ2v) is 11.0. The Morgan fingerprint density at radius 3 is 2.00 bits per heavy atom. The number of para-hydroxylation sites is 1. The van der Waals surface area contributed by atoms with Crippen molar-refractivity contribution in [3.05, 3.63) is 132 Å². The first-order chi connectivity index (χ1) is 19.6. The fourth-order valence-corrected chi connectivity index (χ4v) is 6.23. The lowest BCUT2D eigenvalue weighted by Gasteiger charge is -2.22. The molecule has 5 aromatic carbocycles. The molecule has 0 N–H and O–H groups in total. The fourth-order valence-electron chi connectivity index (χ4n) is 6.23. The Morgan fingerprint density at radius 1 is 0.550 bits per heavy atom. The van der Waals surface area contributed by atoms with Gasteiger partial charge in [-0.25, -0.2) is 9.97 Å². The van der Waals surface area contributed by atoms with Gasteiger partial charge in [0.1, 0.15) is 11.2 Å². The summed E-state index contributed by atoms with van der Waals surface area (Å²) in [5.74, 6) is 0.726. The summed E-state index contributed by atoms with van der Waals surface area (Å²) in [5.41, 5.74) is 11.7. The van der Waals surface area contributed by atoms with E-state index in [1.165, 1.54) is 22.3 Å². The normalized spacial score (nSPS) is 13.4. The minimum atomic E-state index is -0.175. The molecule has 3 heteroatoms. The predicted octanol–water partition coefficient (Wildman–Crippen LogP) is 9.68. The van der Waals surface area contributed by atoms with Crippen LogP contribution in [0, 0.1) is 0 Å². The zero-order valence-electron chi connectivity index (χ0n) is 22.3. The zero-order valence-corrected chi connectivity index (χ0v) is 22.3. The predicted molar refractivity (Wildman–Crippen MR) is 163 cm³/mol. The van der Waals surface area contributed by atoms with Gasteiger partial charge in [-0.3, -0.25) is 0 Å². The van der Waals surface area contributed by atoms with Gasteiger partial charge in [0.2, 0.25) is 0 Å². The summed E-state index contributed by atoms with van der Waals surface area (Å²) in [4.78, 5) is 10.0. The summed E-state index contributed by atoms with van der Waals surface area (Å²) in [5, 5.41) is 2.32. The first kappa shape index (κ1) is 22.9. The van der Waals surface area contributed by atoms with Crippen LogP contribution in [0.4, 0.5) is 0 Å². The van der Waals surface area contributed by atoms with Crippen LogP contribution in [0.3, 0.4) is 0 Å². The molecule has 1 aliphatic carbocycles. The van der Waals surface area contributed by atoms with E-state index >= 15 is 0 Å². The van der Waals surface area contributed by atoms with Gasteiger partial charge in [-0.05, 0) is 34.9 Å². The minimum absolute atomic E-state index is 0.175. The molecule has 8 rings (SSSR count). The average molecular weight is 515 g/mol. The van der Waals surface area contributed by atoms with E-state index < -0.39 is 0 Å². The Morgan fingerprint density at radius 2 is 1.23 bits per heavy atom. The van der Waals surface area contributed by atoms with E-state index in [2.05, 4.69) is 92.7 Å². The Bertz CT molecular complexity index is 2010. The van der Waals surface area contributed by atoms with Crippen molar-refractivity contribution in [1.82, 2.24) is 9.97 Å². The van der Waals surface area contributed by atoms with Crippen molar-refractivity contribution in [2.75, 3.05) is 0 Å². The van der Waals surface area contributed by atoms with Gasteiger partial charge >= 0.3 is 0 Å². The number of fused-ring (bicyclic) bond motifs is 7. The summed E-state index contributed by atoms with van der Waals surface area (Å²) in [6, 6.07) is 42.2. The van der Waals surface area contributed by atoms with Gasteiger partial charge < -0.3 is 4.42 Å². The third kappa shape index (κ3) is 3.37. The molecule has 2 heterocycles. The van der Waals surface area contributed by atoms with Gasteiger partial charge in [0.15, 0.2) is 5.82 Å². The zero-order chi connectivity index (χ0) is 26.8. The maximum atomic E-state index is 6.47. The van der Waals surface area contributed by atoms with Crippen molar-refractivity contribution in [3.63, 3.8) is 0 Å². The van der Waals surface area contributed by atoms with Crippen LogP contribution in [0.5, 0.6) is 0 Å². The molecule has 0 aliphatic heterocycles. The van der Waals surface area contributed by atoms with Crippen LogP contribution in [0.2, 0.25) is 0 Å². The van der Waals surface area contributed by atoms with Crippen molar-refractivity contribution < 1.29 is 4.42 Å². The number of furan rings is 1. The molecule has 2 aromatic heterocycles. The summed E-state index contributed by atoms with van der Waals surface area (Å²) in [7, 11) is 0. The number of hydrogen-bond acceptors (Lipinski definition) is 3. The van der Waals surface area contributed by atoms with Crippen molar-refractivity contribution >= 4 is 21.9 Å². The lowest BCUT2D eigenvalue weighted by Crippen LogP contribution is -2.15. The van der Waals surface area contributed by atoms with Crippen LogP contribution >= 0.6 is 0 Å². The van der Waals surface area contributed by atoms with E-state index in [-0.39, 0.29) is 5.41 Å². The Labute approximate surface area is 232 Å². The van der Waals surface area contributed by atoms with Crippen LogP contribution in [0.1, 0.15) is 25.0 Å². The number of hydrogen-bond donors (Lipinski definition) is 0. The molecule has 0 atom stereocenters. The van der Waals surface area contributed by atoms with Crippen LogP contribution in [0.15, 0.2) is 126 Å². The summed E-state index contributed by atoms with van der Waals surface area (Å²) in [6.07, 6.45) is 0. The highest BCUT2D eigenvalue weighted by Gasteiger charge is 2.38. The highest BCUT2D eigenvalue weighted by molar-refractivity contribution is 6.11. The molecular weight excluding hydrogens is 488 g/mol. The van der Waals surface area contributed by atoms with E-state index in [4.69, 9.17) is 14.4 Å². The Balaban J connectivity index is 1.33. The average Bonchev–Trinajstić information content (AvgIpc) is 3.50. The highest BCUT2D eigenvalue weighted by Crippen LogP contribution is 2.53. The third-order valence-electron chi connectivity index (χ3n) is 8.31. The van der Waals surface area contributed by atoms with Crippen molar-refractivity contribution in [1.29, 1.82) is 0 Å². The molecule has 0 amide bonds. The minimum Gasteiger partial charge on any atom is -0.455 e. The Kier molecular flexibility index (Phi) is 4.86. The van der Waals surface area contributed by atoms with Gasteiger partial charge in [0, 0.05) is 38.4 Å². The van der Waals surface area contributed by atoms with E-state index in [0.29, 0.717) is 0 Å². The molecule has 0 saturated heterocycles. The summed E-state index contributed by atoms with van der Waals surface area (Å²) >= 11 is 0. The molecular formula is C37H26N2O. The van der Waals surface area contributed by atoms with Crippen molar-refractivity contribution in [3.8, 4) is 45.0 Å². The molecule has 0 spiro atoms. The molecule has 3 nitrogen and oxygen atoms in total. The quantitative estimate of drug-likeness (QED) is 0.236. The van der Waals surface area contributed by atoms with Crippen LogP contribution < -0.4 is 0 Å². The highest BCUT2D eigenvalue weighted by atomic mass is 16.3. The molecule has 0 bridgehead atoms. The van der Waals surface area contributed by atoms with Gasteiger partial charge in [0.25, 0.3) is 0 Å². The second kappa shape index (κ2) is 8.49. The molecule has 190 valence electrons. The molecule has 1 aliphatic rings. The molecule has 0 radical (unpaired) electrons. The number of rotatable bonds is 3. The van der Waals surface area contributed by atoms with Crippen LogP contribution in [-0.4, -0.2) is 9.97 Å². The van der Waals surface area contributed by atoms with Gasteiger partial charge in [-0.15, -0.1) is 0 Å². The van der Waals surface area contributed by atoms with Crippen LogP contribution in [0.25, 0.3) is 67.0 Å². The van der Waals surface area contributed by atoms with Crippen molar-refractivity contribution in [2.24, 2.45) is 0 Å². The van der Waals surface area contributed by atoms with Gasteiger partial charge in [-0.2, -0.15) is 0 Å². The van der Waals surface area contributed by atoms with E-state index in [0.717, 1.165) is 55.8 Å². The SMILES string of the molecule is CC1(C)c2cc(-c3cc(-c4ccccc4)nc(-c4ccccc4)n3)ccc2-c2c1ccc1c2oc2ccccc21. The second-order valence-electron chi connectivity index (χ2n) is 11.0. The van der Waals surface area contributed by atoms with Gasteiger partial charge in [0.05, 0.1) is 11.4 Å². The molecule has 40 heavy (non-hydrogen) atoms. The number of nitrogens with zero attached hydrogens (tertiary/aromatic N) is 2. The Hall–Kier alpha value is -5.02. The summed E-state index contributed by atoms with van der Waals surface area (Å²) < 4.78 is 6.47. The van der Waals surface area contributed by atoms with E-state index in [9.17, 15) is 0 Å². The number of benzene rings is 5. The summed E-state index contributed by atoms with van der Waals surface area (Å²) in [6.45, 7) is 4.61. The fraction of sp³-hybridized carbons (Fsp3) is 0.0811. The van der Waals surface area contributed by atoms with E-state index in [1.54, 1.807) is 0 Å². The number of aromatic nitrogens is 2.